The molecule has 2 N–H and O–H groups in total. The van der Waals surface area contributed by atoms with E-state index < -0.39 is 0 Å². The van der Waals surface area contributed by atoms with E-state index in [1.54, 1.807) is 0 Å². The van der Waals surface area contributed by atoms with Gasteiger partial charge in [0.2, 0.25) is 0 Å². The standard InChI is InChI=1S/C17H29N3O/c1-14-7-8-17(21-11-5-9-19(2)3)16(12-14)20-10-4-6-15(18)13-20/h7-8,12,15H,4-6,9-11,13,18H2,1-3H3. The molecule has 0 radical (unpaired) electrons. The number of nitrogens with zero attached hydrogens (tertiary/aromatic N) is 2. The molecule has 4 nitrogen and oxygen atoms in total. The van der Waals surface area contributed by atoms with E-state index in [2.05, 4.69) is 49.0 Å². The molecule has 2 rings (SSSR count). The first kappa shape index (κ1) is 16.1. The van der Waals surface area contributed by atoms with Crippen LogP contribution in [0.1, 0.15) is 24.8 Å². The van der Waals surface area contributed by atoms with Crippen LogP contribution >= 0.6 is 0 Å². The lowest BCUT2D eigenvalue weighted by Gasteiger charge is -2.33. The van der Waals surface area contributed by atoms with Crippen LogP contribution in [0.5, 0.6) is 5.75 Å². The van der Waals surface area contributed by atoms with Crippen molar-refractivity contribution >= 4 is 5.69 Å². The molecule has 4 heteroatoms. The molecular weight excluding hydrogens is 262 g/mol. The van der Waals surface area contributed by atoms with Gasteiger partial charge in [-0.15, -0.1) is 0 Å². The van der Waals surface area contributed by atoms with E-state index in [9.17, 15) is 0 Å². The summed E-state index contributed by atoms with van der Waals surface area (Å²) < 4.78 is 6.02. The van der Waals surface area contributed by atoms with E-state index in [0.29, 0.717) is 0 Å². The molecule has 1 heterocycles. The van der Waals surface area contributed by atoms with Gasteiger partial charge in [-0.3, -0.25) is 0 Å². The third-order valence-electron chi connectivity index (χ3n) is 3.92. The van der Waals surface area contributed by atoms with Crippen molar-refractivity contribution in [2.24, 2.45) is 5.73 Å². The molecule has 0 aliphatic carbocycles. The molecule has 118 valence electrons. The molecule has 0 aromatic heterocycles. The number of ether oxygens (including phenoxy) is 1. The van der Waals surface area contributed by atoms with Crippen molar-refractivity contribution in [3.8, 4) is 5.75 Å². The fraction of sp³-hybridized carbons (Fsp3) is 0.647. The monoisotopic (exact) mass is 291 g/mol. The van der Waals surface area contributed by atoms with E-state index in [0.717, 1.165) is 51.3 Å². The lowest BCUT2D eigenvalue weighted by Crippen LogP contribution is -2.43. The Morgan fingerprint density at radius 3 is 2.90 bits per heavy atom. The van der Waals surface area contributed by atoms with Gasteiger partial charge in [-0.25, -0.2) is 0 Å². The van der Waals surface area contributed by atoms with Crippen molar-refractivity contribution in [1.29, 1.82) is 0 Å². The SMILES string of the molecule is Cc1ccc(OCCCN(C)C)c(N2CCCC(N)C2)c1. The van der Waals surface area contributed by atoms with Crippen LogP contribution in [0, 0.1) is 6.92 Å². The highest BCUT2D eigenvalue weighted by Gasteiger charge is 2.20. The van der Waals surface area contributed by atoms with Crippen LogP contribution in [0.3, 0.4) is 0 Å². The Hall–Kier alpha value is -1.26. The number of anilines is 1. The third kappa shape index (κ3) is 4.90. The largest absolute Gasteiger partial charge is 0.491 e. The number of hydrogen-bond acceptors (Lipinski definition) is 4. The van der Waals surface area contributed by atoms with Crippen molar-refractivity contribution in [3.05, 3.63) is 23.8 Å². The molecule has 0 bridgehead atoms. The summed E-state index contributed by atoms with van der Waals surface area (Å²) in [6, 6.07) is 6.72. The Labute approximate surface area is 128 Å². The Kier molecular flexibility index (Phi) is 5.88. The Morgan fingerprint density at radius 1 is 1.38 bits per heavy atom. The minimum Gasteiger partial charge on any atom is -0.491 e. The van der Waals surface area contributed by atoms with Gasteiger partial charge in [0.05, 0.1) is 12.3 Å². The van der Waals surface area contributed by atoms with E-state index in [4.69, 9.17) is 10.5 Å². The predicted molar refractivity (Wildman–Crippen MR) is 89.3 cm³/mol. The highest BCUT2D eigenvalue weighted by atomic mass is 16.5. The molecule has 0 amide bonds. The molecule has 1 aromatic rings. The van der Waals surface area contributed by atoms with Gasteiger partial charge >= 0.3 is 0 Å². The van der Waals surface area contributed by atoms with Crippen LogP contribution in [-0.2, 0) is 0 Å². The minimum atomic E-state index is 0.279. The predicted octanol–water partition coefficient (Wildman–Crippen LogP) is 2.25. The highest BCUT2D eigenvalue weighted by molar-refractivity contribution is 5.60. The Morgan fingerprint density at radius 2 is 2.19 bits per heavy atom. The zero-order valence-electron chi connectivity index (χ0n) is 13.6. The number of piperidine rings is 1. The molecule has 1 saturated heterocycles. The molecule has 1 aliphatic rings. The maximum absolute atomic E-state index is 6.12. The minimum absolute atomic E-state index is 0.279. The van der Waals surface area contributed by atoms with Gasteiger partial charge in [0, 0.05) is 25.7 Å². The second-order valence-corrected chi connectivity index (χ2v) is 6.32. The molecule has 1 unspecified atom stereocenters. The highest BCUT2D eigenvalue weighted by Crippen LogP contribution is 2.31. The number of benzene rings is 1. The molecule has 1 aromatic carbocycles. The van der Waals surface area contributed by atoms with Crippen molar-refractivity contribution in [2.45, 2.75) is 32.2 Å². The van der Waals surface area contributed by atoms with Gasteiger partial charge in [0.15, 0.2) is 0 Å². The van der Waals surface area contributed by atoms with E-state index in [1.807, 2.05) is 0 Å². The molecule has 1 fully saturated rings. The zero-order chi connectivity index (χ0) is 15.2. The quantitative estimate of drug-likeness (QED) is 0.816. The van der Waals surface area contributed by atoms with Crippen LogP contribution in [0.2, 0.25) is 0 Å². The Balaban J connectivity index is 2.02. The van der Waals surface area contributed by atoms with Crippen molar-refractivity contribution in [3.63, 3.8) is 0 Å². The Bertz CT molecular complexity index is 448. The van der Waals surface area contributed by atoms with Crippen LogP contribution in [0.4, 0.5) is 5.69 Å². The number of hydrogen-bond donors (Lipinski definition) is 1. The summed E-state index contributed by atoms with van der Waals surface area (Å²) in [6.07, 6.45) is 3.33. The zero-order valence-corrected chi connectivity index (χ0v) is 13.6. The third-order valence-corrected chi connectivity index (χ3v) is 3.92. The second-order valence-electron chi connectivity index (χ2n) is 6.32. The maximum atomic E-state index is 6.12. The number of nitrogens with two attached hydrogens (primary N) is 1. The molecule has 0 spiro atoms. The molecule has 0 saturated carbocycles. The molecule has 1 atom stereocenters. The average Bonchev–Trinajstić information content (AvgIpc) is 2.44. The first-order valence-electron chi connectivity index (χ1n) is 7.95. The van der Waals surface area contributed by atoms with Crippen LogP contribution in [-0.4, -0.2) is 51.3 Å². The molecular formula is C17H29N3O. The first-order chi connectivity index (χ1) is 10.1. The van der Waals surface area contributed by atoms with Crippen molar-refractivity contribution in [1.82, 2.24) is 4.90 Å². The van der Waals surface area contributed by atoms with Gasteiger partial charge in [-0.1, -0.05) is 6.07 Å². The second kappa shape index (κ2) is 7.66. The fourth-order valence-electron chi connectivity index (χ4n) is 2.79. The van der Waals surface area contributed by atoms with Crippen molar-refractivity contribution in [2.75, 3.05) is 45.2 Å². The van der Waals surface area contributed by atoms with Gasteiger partial charge in [-0.2, -0.15) is 0 Å². The smallest absolute Gasteiger partial charge is 0.142 e. The lowest BCUT2D eigenvalue weighted by molar-refractivity contribution is 0.281. The summed E-state index contributed by atoms with van der Waals surface area (Å²) in [4.78, 5) is 4.56. The summed E-state index contributed by atoms with van der Waals surface area (Å²) in [5, 5.41) is 0. The molecule has 1 aliphatic heterocycles. The van der Waals surface area contributed by atoms with Crippen molar-refractivity contribution < 1.29 is 4.74 Å². The number of rotatable bonds is 6. The number of aryl methyl sites for hydroxylation is 1. The molecule has 21 heavy (non-hydrogen) atoms. The summed E-state index contributed by atoms with van der Waals surface area (Å²) in [6.45, 7) is 5.94. The summed E-state index contributed by atoms with van der Waals surface area (Å²) in [5.74, 6) is 0.994. The topological polar surface area (TPSA) is 41.7 Å². The van der Waals surface area contributed by atoms with E-state index in [1.165, 1.54) is 11.3 Å². The summed E-state index contributed by atoms with van der Waals surface area (Å²) in [7, 11) is 4.18. The van der Waals surface area contributed by atoms with Crippen LogP contribution in [0.15, 0.2) is 18.2 Å². The first-order valence-corrected chi connectivity index (χ1v) is 7.95. The van der Waals surface area contributed by atoms with Crippen LogP contribution < -0.4 is 15.4 Å². The van der Waals surface area contributed by atoms with Gasteiger partial charge in [-0.05, 0) is 58.0 Å². The summed E-state index contributed by atoms with van der Waals surface area (Å²) in [5.41, 5.74) is 8.59. The van der Waals surface area contributed by atoms with Crippen LogP contribution in [0.25, 0.3) is 0 Å². The fourth-order valence-corrected chi connectivity index (χ4v) is 2.79. The summed E-state index contributed by atoms with van der Waals surface area (Å²) >= 11 is 0. The van der Waals surface area contributed by atoms with E-state index >= 15 is 0 Å². The van der Waals surface area contributed by atoms with Gasteiger partial charge < -0.3 is 20.3 Å². The van der Waals surface area contributed by atoms with E-state index in [-0.39, 0.29) is 6.04 Å². The lowest BCUT2D eigenvalue weighted by atomic mass is 10.0. The van der Waals surface area contributed by atoms with Gasteiger partial charge in [0.25, 0.3) is 0 Å². The van der Waals surface area contributed by atoms with Gasteiger partial charge in [0.1, 0.15) is 5.75 Å². The maximum Gasteiger partial charge on any atom is 0.142 e. The normalized spacial score (nSPS) is 19.1. The average molecular weight is 291 g/mol.